The Balaban J connectivity index is 2.23. The highest BCUT2D eigenvalue weighted by Gasteiger charge is 2.09. The van der Waals surface area contributed by atoms with Gasteiger partial charge in [-0.2, -0.15) is 0 Å². The van der Waals surface area contributed by atoms with Crippen LogP contribution in [-0.4, -0.2) is 4.98 Å². The van der Waals surface area contributed by atoms with Crippen LogP contribution in [0.25, 0.3) is 28.0 Å². The van der Waals surface area contributed by atoms with Crippen LogP contribution in [0, 0.1) is 6.92 Å². The molecule has 3 rings (SSSR count). The van der Waals surface area contributed by atoms with Crippen LogP contribution in [0.3, 0.4) is 0 Å². The summed E-state index contributed by atoms with van der Waals surface area (Å²) in [5, 5.41) is 0. The van der Waals surface area contributed by atoms with Crippen LogP contribution in [0.1, 0.15) is 18.2 Å². The fourth-order valence-corrected chi connectivity index (χ4v) is 2.96. The summed E-state index contributed by atoms with van der Waals surface area (Å²) in [5.41, 5.74) is 7.67. The van der Waals surface area contributed by atoms with Crippen molar-refractivity contribution >= 4 is 5.57 Å². The summed E-state index contributed by atoms with van der Waals surface area (Å²) < 4.78 is 0. The van der Waals surface area contributed by atoms with Crippen LogP contribution in [0.4, 0.5) is 0 Å². The van der Waals surface area contributed by atoms with Gasteiger partial charge in [0.05, 0.1) is 11.4 Å². The summed E-state index contributed by atoms with van der Waals surface area (Å²) in [7, 11) is 0. The summed E-state index contributed by atoms with van der Waals surface area (Å²) in [5.74, 6) is 0. The van der Waals surface area contributed by atoms with Crippen molar-refractivity contribution in [1.29, 1.82) is 0 Å². The molecule has 0 aliphatic rings. The quantitative estimate of drug-likeness (QED) is 0.463. The van der Waals surface area contributed by atoms with Gasteiger partial charge in [-0.05, 0) is 48.7 Å². The number of nitrogens with zero attached hydrogens (tertiary/aromatic N) is 1. The molecule has 0 amide bonds. The number of aryl methyl sites for hydroxylation is 1. The standard InChI is InChI=1S/C25H23N/c1-4-10-21(11-5-2)24-17-23(20-13-7-6-8-14-20)18-25(26-24)22-15-9-12-19(3)16-22/h4-18H,1H2,2-3H3/b11-5-,21-10+. The first-order valence-corrected chi connectivity index (χ1v) is 8.81. The number of pyridine rings is 1. The Morgan fingerprint density at radius 2 is 1.65 bits per heavy atom. The first-order chi connectivity index (χ1) is 12.7. The highest BCUT2D eigenvalue weighted by atomic mass is 14.7. The van der Waals surface area contributed by atoms with E-state index >= 15 is 0 Å². The largest absolute Gasteiger partial charge is 0.248 e. The van der Waals surface area contributed by atoms with Crippen molar-refractivity contribution in [2.75, 3.05) is 0 Å². The predicted octanol–water partition coefficient (Wildman–Crippen LogP) is 6.87. The molecule has 0 N–H and O–H groups in total. The van der Waals surface area contributed by atoms with Crippen LogP contribution in [0.5, 0.6) is 0 Å². The summed E-state index contributed by atoms with van der Waals surface area (Å²) in [6, 6.07) is 23.2. The highest BCUT2D eigenvalue weighted by Crippen LogP contribution is 2.29. The number of allylic oxidation sites excluding steroid dienone is 5. The van der Waals surface area contributed by atoms with E-state index in [-0.39, 0.29) is 0 Å². The Labute approximate surface area is 156 Å². The molecule has 1 heterocycles. The Morgan fingerprint density at radius 3 is 2.35 bits per heavy atom. The molecule has 1 heteroatoms. The maximum Gasteiger partial charge on any atom is 0.0715 e. The molecule has 0 unspecified atom stereocenters. The lowest BCUT2D eigenvalue weighted by Gasteiger charge is -2.11. The highest BCUT2D eigenvalue weighted by molar-refractivity contribution is 5.79. The number of benzene rings is 2. The number of hydrogen-bond acceptors (Lipinski definition) is 1. The minimum Gasteiger partial charge on any atom is -0.248 e. The zero-order chi connectivity index (χ0) is 18.4. The van der Waals surface area contributed by atoms with E-state index in [0.717, 1.165) is 28.1 Å². The number of rotatable bonds is 5. The Hall–Kier alpha value is -3.19. The third-order valence-corrected chi connectivity index (χ3v) is 4.19. The smallest absolute Gasteiger partial charge is 0.0715 e. The third kappa shape index (κ3) is 4.07. The summed E-state index contributed by atoms with van der Waals surface area (Å²) >= 11 is 0. The van der Waals surface area contributed by atoms with E-state index in [1.807, 2.05) is 25.1 Å². The first-order valence-electron chi connectivity index (χ1n) is 8.81. The fraction of sp³-hybridized carbons (Fsp3) is 0.0800. The van der Waals surface area contributed by atoms with E-state index < -0.39 is 0 Å². The average Bonchev–Trinajstić information content (AvgIpc) is 2.68. The normalized spacial score (nSPS) is 11.7. The lowest BCUT2D eigenvalue weighted by atomic mass is 9.99. The lowest BCUT2D eigenvalue weighted by molar-refractivity contribution is 1.27. The monoisotopic (exact) mass is 337 g/mol. The van der Waals surface area contributed by atoms with Crippen molar-refractivity contribution < 1.29 is 0 Å². The molecule has 3 aromatic rings. The van der Waals surface area contributed by atoms with Crippen molar-refractivity contribution in [2.24, 2.45) is 0 Å². The van der Waals surface area contributed by atoms with Crippen LogP contribution < -0.4 is 0 Å². The Kier molecular flexibility index (Phi) is 5.60. The molecule has 0 spiro atoms. The molecule has 1 nitrogen and oxygen atoms in total. The van der Waals surface area contributed by atoms with Crippen molar-refractivity contribution in [3.05, 3.63) is 109 Å². The molecule has 1 aromatic heterocycles. The molecule has 0 saturated heterocycles. The van der Waals surface area contributed by atoms with E-state index in [1.165, 1.54) is 11.1 Å². The van der Waals surface area contributed by atoms with Crippen LogP contribution in [0.2, 0.25) is 0 Å². The van der Waals surface area contributed by atoms with Gasteiger partial charge in [0.15, 0.2) is 0 Å². The van der Waals surface area contributed by atoms with Crippen molar-refractivity contribution in [3.63, 3.8) is 0 Å². The number of aromatic nitrogens is 1. The van der Waals surface area contributed by atoms with Gasteiger partial charge < -0.3 is 0 Å². The Morgan fingerprint density at radius 1 is 0.885 bits per heavy atom. The molecule has 128 valence electrons. The maximum absolute atomic E-state index is 4.94. The van der Waals surface area contributed by atoms with Gasteiger partial charge in [-0.15, -0.1) is 0 Å². The Bertz CT molecular complexity index is 962. The second kappa shape index (κ2) is 8.26. The van der Waals surface area contributed by atoms with Crippen molar-refractivity contribution in [3.8, 4) is 22.4 Å². The number of hydrogen-bond donors (Lipinski definition) is 0. The van der Waals surface area contributed by atoms with Gasteiger partial charge in [0.1, 0.15) is 0 Å². The molecule has 2 aromatic carbocycles. The van der Waals surface area contributed by atoms with Crippen LogP contribution in [-0.2, 0) is 0 Å². The van der Waals surface area contributed by atoms with E-state index in [2.05, 4.69) is 80.2 Å². The molecule has 0 aliphatic heterocycles. The van der Waals surface area contributed by atoms with Gasteiger partial charge in [-0.1, -0.05) is 85.0 Å². The summed E-state index contributed by atoms with van der Waals surface area (Å²) in [4.78, 5) is 4.94. The van der Waals surface area contributed by atoms with E-state index in [9.17, 15) is 0 Å². The van der Waals surface area contributed by atoms with Gasteiger partial charge in [0, 0.05) is 5.56 Å². The minimum absolute atomic E-state index is 0.945. The molecular weight excluding hydrogens is 314 g/mol. The van der Waals surface area contributed by atoms with E-state index in [0.29, 0.717) is 0 Å². The third-order valence-electron chi connectivity index (χ3n) is 4.19. The van der Waals surface area contributed by atoms with Gasteiger partial charge in [-0.25, -0.2) is 4.98 Å². The van der Waals surface area contributed by atoms with Crippen molar-refractivity contribution in [1.82, 2.24) is 4.98 Å². The fourth-order valence-electron chi connectivity index (χ4n) is 2.96. The molecule has 0 atom stereocenters. The zero-order valence-electron chi connectivity index (χ0n) is 15.3. The average molecular weight is 337 g/mol. The van der Waals surface area contributed by atoms with Gasteiger partial charge in [0.25, 0.3) is 0 Å². The summed E-state index contributed by atoms with van der Waals surface area (Å²) in [6.45, 7) is 7.96. The maximum atomic E-state index is 4.94. The molecule has 0 radical (unpaired) electrons. The van der Waals surface area contributed by atoms with Gasteiger partial charge in [-0.3, -0.25) is 0 Å². The topological polar surface area (TPSA) is 12.9 Å². The van der Waals surface area contributed by atoms with Gasteiger partial charge >= 0.3 is 0 Å². The second-order valence-electron chi connectivity index (χ2n) is 6.22. The molecule has 0 saturated carbocycles. The summed E-state index contributed by atoms with van der Waals surface area (Å²) in [6.07, 6.45) is 7.90. The molecule has 26 heavy (non-hydrogen) atoms. The van der Waals surface area contributed by atoms with Crippen LogP contribution in [0.15, 0.2) is 97.6 Å². The van der Waals surface area contributed by atoms with Crippen LogP contribution >= 0.6 is 0 Å². The minimum atomic E-state index is 0.945. The second-order valence-corrected chi connectivity index (χ2v) is 6.22. The lowest BCUT2D eigenvalue weighted by Crippen LogP contribution is -1.94. The molecular formula is C25H23N. The zero-order valence-corrected chi connectivity index (χ0v) is 15.3. The molecule has 0 fully saturated rings. The SMILES string of the molecule is C=C/C=C(\C=C/C)c1cc(-c2ccccc2)cc(-c2cccc(C)c2)n1. The predicted molar refractivity (Wildman–Crippen MR) is 113 cm³/mol. The molecule has 0 aliphatic carbocycles. The van der Waals surface area contributed by atoms with Gasteiger partial charge in [0.2, 0.25) is 0 Å². The molecule has 0 bridgehead atoms. The first kappa shape index (κ1) is 17.6. The van der Waals surface area contributed by atoms with E-state index in [4.69, 9.17) is 4.98 Å². The van der Waals surface area contributed by atoms with E-state index in [1.54, 1.807) is 6.08 Å². The van der Waals surface area contributed by atoms with Crippen molar-refractivity contribution in [2.45, 2.75) is 13.8 Å².